The Hall–Kier alpha value is -5.99. The van der Waals surface area contributed by atoms with Crippen molar-refractivity contribution < 1.29 is 125 Å². The number of carbonyl (C=O) groups is 7. The fraction of sp³-hybridized carbons (Fsp3) is 0.660. The van der Waals surface area contributed by atoms with Gasteiger partial charge in [0.15, 0.2) is 0 Å². The van der Waals surface area contributed by atoms with Gasteiger partial charge in [0.05, 0.1) is 74.4 Å². The fourth-order valence-corrected chi connectivity index (χ4v) is 4.79. The first-order chi connectivity index (χ1) is 36.1. The molecule has 0 aliphatic carbocycles. The minimum absolute atomic E-state index is 0.00203. The van der Waals surface area contributed by atoms with Crippen molar-refractivity contribution in [2.45, 2.75) is 66.7 Å². The van der Waals surface area contributed by atoms with E-state index in [0.29, 0.717) is 38.0 Å². The molecule has 0 bridgehead atoms. The lowest BCUT2D eigenvalue weighted by atomic mass is 10.3. The van der Waals surface area contributed by atoms with Crippen LogP contribution in [0.2, 0.25) is 0 Å². The van der Waals surface area contributed by atoms with E-state index >= 15 is 0 Å². The number of rotatable bonds is 35. The number of carbonyl (C=O) groups excluding carboxylic acids is 8. The molecule has 0 aliphatic heterocycles. The monoisotopic (exact) mass is 1170 g/mol. The van der Waals surface area contributed by atoms with E-state index in [-0.39, 0.29) is 107 Å². The number of isocyanates is 1. The van der Waals surface area contributed by atoms with Crippen LogP contribution in [0, 0.1) is 0 Å². The molecule has 452 valence electrons. The van der Waals surface area contributed by atoms with Gasteiger partial charge in [0.25, 0.3) is 0 Å². The Kier molecular flexibility index (Phi) is 49.9. The highest BCUT2D eigenvalue weighted by Gasteiger charge is 2.24. The summed E-state index contributed by atoms with van der Waals surface area (Å²) in [6, 6.07) is 0. The Morgan fingerprint density at radius 1 is 0.538 bits per heavy atom. The van der Waals surface area contributed by atoms with Crippen LogP contribution in [0.1, 0.15) is 66.7 Å². The Labute approximate surface area is 458 Å². The first-order valence-electron chi connectivity index (χ1n) is 23.6. The topological polar surface area (TPSA) is 399 Å². The highest BCUT2D eigenvalue weighted by atomic mass is 32.3. The fourth-order valence-electron chi connectivity index (χ4n) is 4.79. The van der Waals surface area contributed by atoms with Crippen molar-refractivity contribution in [2.75, 3.05) is 140 Å². The van der Waals surface area contributed by atoms with Crippen molar-refractivity contribution in [3.05, 3.63) is 48.6 Å². The third-order valence-corrected chi connectivity index (χ3v) is 9.94. The Balaban J connectivity index is -0.000000414. The number of ether oxygens (including phenoxy) is 7. The lowest BCUT2D eigenvalue weighted by Gasteiger charge is -2.33. The van der Waals surface area contributed by atoms with E-state index < -0.39 is 62.7 Å². The molecule has 0 fully saturated rings. The molecule has 0 unspecified atom stereocenters. The lowest BCUT2D eigenvalue weighted by molar-refractivity contribution is -0.910. The largest absolute Gasteiger partial charge is 0.726 e. The number of likely N-dealkylation sites (N-methyl/N-ethyl adjacent to an activating group) is 2. The van der Waals surface area contributed by atoms with Crippen molar-refractivity contribution in [3.8, 4) is 0 Å². The number of quaternary nitrogens is 2. The van der Waals surface area contributed by atoms with Crippen LogP contribution in [0.25, 0.3) is 0 Å². The minimum atomic E-state index is -4.41. The number of hydrogen-bond acceptors (Lipinski definition) is 26. The van der Waals surface area contributed by atoms with Gasteiger partial charge in [-0.2, -0.15) is 0 Å². The zero-order valence-corrected chi connectivity index (χ0v) is 48.0. The molecule has 0 saturated carbocycles. The van der Waals surface area contributed by atoms with E-state index in [1.165, 1.54) is 26.9 Å². The summed E-state index contributed by atoms with van der Waals surface area (Å²) in [7, 11) is -3.32. The summed E-state index contributed by atoms with van der Waals surface area (Å²) >= 11 is 0. The zero-order chi connectivity index (χ0) is 61.4. The van der Waals surface area contributed by atoms with Crippen molar-refractivity contribution in [1.29, 1.82) is 0 Å². The summed E-state index contributed by atoms with van der Waals surface area (Å²) in [6.07, 6.45) is 2.41. The normalized spacial score (nSPS) is 10.6. The highest BCUT2D eigenvalue weighted by Crippen LogP contribution is 2.07. The van der Waals surface area contributed by atoms with Gasteiger partial charge < -0.3 is 66.8 Å². The predicted molar refractivity (Wildman–Crippen MR) is 275 cm³/mol. The summed E-state index contributed by atoms with van der Waals surface area (Å²) in [4.78, 5) is 93.8. The van der Waals surface area contributed by atoms with E-state index in [1.807, 2.05) is 7.05 Å². The van der Waals surface area contributed by atoms with Crippen LogP contribution in [0.4, 0.5) is 4.79 Å². The van der Waals surface area contributed by atoms with Crippen LogP contribution < -0.4 is 5.32 Å². The number of nitrogens with one attached hydrogen (secondary N) is 1. The molecule has 29 nitrogen and oxygen atoms in total. The average Bonchev–Trinajstić information content (AvgIpc) is 3.34. The highest BCUT2D eigenvalue weighted by molar-refractivity contribution is 7.81. The number of hydrogen-bond donors (Lipinski definition) is 3. The van der Waals surface area contributed by atoms with Crippen molar-refractivity contribution in [3.63, 3.8) is 0 Å². The zero-order valence-electron chi connectivity index (χ0n) is 46.3. The maximum atomic E-state index is 12.1. The Bertz CT molecular complexity index is 1950. The molecular formula is C47H82N4O25S2. The van der Waals surface area contributed by atoms with Crippen LogP contribution in [-0.2, 0) is 95.9 Å². The molecule has 0 radical (unpaired) electrons. The third kappa shape index (κ3) is 57.7. The third-order valence-electron chi connectivity index (χ3n) is 9.12. The Morgan fingerprint density at radius 2 is 0.859 bits per heavy atom. The molecule has 0 heterocycles. The summed E-state index contributed by atoms with van der Waals surface area (Å²) in [6.45, 7) is 26.4. The van der Waals surface area contributed by atoms with Crippen LogP contribution >= 0.6 is 0 Å². The van der Waals surface area contributed by atoms with Gasteiger partial charge in [-0.05, 0) is 47.0 Å². The molecule has 3 N–H and O–H groups in total. The average molecular weight is 1170 g/mol. The van der Waals surface area contributed by atoms with Gasteiger partial charge in [-0.1, -0.05) is 33.2 Å². The minimum Gasteiger partial charge on any atom is -0.726 e. The van der Waals surface area contributed by atoms with E-state index in [4.69, 9.17) is 38.6 Å². The number of aliphatic hydroxyl groups is 2. The smallest absolute Gasteiger partial charge is 0.407 e. The molecule has 0 aliphatic rings. The van der Waals surface area contributed by atoms with E-state index in [0.717, 1.165) is 44.8 Å². The van der Waals surface area contributed by atoms with Crippen molar-refractivity contribution in [1.82, 2.24) is 5.32 Å². The Morgan fingerprint density at radius 3 is 1.17 bits per heavy atom. The number of amides is 1. The molecule has 78 heavy (non-hydrogen) atoms. The summed E-state index contributed by atoms with van der Waals surface area (Å²) in [5.41, 5.74) is 1.11. The molecule has 0 aromatic carbocycles. The van der Waals surface area contributed by atoms with E-state index in [1.54, 1.807) is 6.92 Å². The van der Waals surface area contributed by atoms with Crippen LogP contribution in [-0.4, -0.2) is 233 Å². The number of aliphatic imine (C=N–C) groups is 1. The maximum Gasteiger partial charge on any atom is 0.407 e. The van der Waals surface area contributed by atoms with E-state index in [9.17, 15) is 64.3 Å². The van der Waals surface area contributed by atoms with Gasteiger partial charge >= 0.3 is 41.9 Å². The SMILES string of the molecule is C=C(C)C(=O)OCCCC(=O)OCC[N+](C)(CCOC(=O)CCCOC(=O)C(=C)C)CCOC(=O)NCCOC(=O)C(=C)C.C=C(C)C(=O)OCCN=C=O.CCC[N+](C)(CCO)CCO.COS(=O)(=O)[O-].COS(=O)(=O)[O-]. The van der Waals surface area contributed by atoms with Gasteiger partial charge in [-0.3, -0.25) is 18.0 Å². The quantitative estimate of drug-likeness (QED) is 0.00901. The molecule has 0 saturated heterocycles. The molecule has 31 heteroatoms. The maximum absolute atomic E-state index is 12.1. The number of alkyl carbamates (subject to hydrolysis) is 1. The number of esters is 6. The number of aliphatic hydroxyl groups excluding tert-OH is 2. The first-order valence-corrected chi connectivity index (χ1v) is 26.3. The molecular weight excluding hydrogens is 1080 g/mol. The summed E-state index contributed by atoms with van der Waals surface area (Å²) in [5, 5.41) is 20.0. The molecule has 0 rings (SSSR count). The molecule has 0 spiro atoms. The van der Waals surface area contributed by atoms with Crippen LogP contribution in [0.15, 0.2) is 53.6 Å². The standard InChI is InChI=1S/C30H46N2O12.C8H20NO2.C7H9NO3.2CH4O4S/c1-22(2)27(35)41-16-8-10-25(33)39-19-13-32(7,14-20-40-26(34)11-9-17-42-28(36)23(3)4)15-21-44-30(38)31-12-18-43-29(37)24(5)6;1-3-4-9(2,5-7-10)6-8-11;1-6(2)7(10)11-4-3-8-5-9;2*1-5-6(2,3)4/h1,3,5,8-21H2,2,4,6-7H3;10-11H,3-8H2,1-2H3;1,3-4H2,2H3;2*1H3,(H,2,3,4)/q;+1;;;/p-1. The molecule has 0 aromatic rings. The molecule has 0 atom stereocenters. The molecule has 0 aromatic heterocycles. The molecule has 1 amide bonds. The van der Waals surface area contributed by atoms with Gasteiger partial charge in [0, 0.05) is 35.1 Å². The summed E-state index contributed by atoms with van der Waals surface area (Å²) < 4.78 is 98.3. The van der Waals surface area contributed by atoms with Gasteiger partial charge in [0.1, 0.15) is 65.8 Å². The van der Waals surface area contributed by atoms with Crippen molar-refractivity contribution in [2.24, 2.45) is 4.99 Å². The van der Waals surface area contributed by atoms with Gasteiger partial charge in [0.2, 0.25) is 26.9 Å². The second-order valence-corrected chi connectivity index (χ2v) is 18.8. The second-order valence-electron chi connectivity index (χ2n) is 16.5. The van der Waals surface area contributed by atoms with E-state index in [2.05, 4.69) is 63.7 Å². The van der Waals surface area contributed by atoms with Crippen LogP contribution in [0.5, 0.6) is 0 Å². The second kappa shape index (κ2) is 48.2. The predicted octanol–water partition coefficient (Wildman–Crippen LogP) is 0.619. The summed E-state index contributed by atoms with van der Waals surface area (Å²) in [5.74, 6) is -3.02. The van der Waals surface area contributed by atoms with Gasteiger partial charge in [-0.25, -0.2) is 50.6 Å². The lowest BCUT2D eigenvalue weighted by Crippen LogP contribution is -2.51. The van der Waals surface area contributed by atoms with Gasteiger partial charge in [-0.15, -0.1) is 0 Å². The van der Waals surface area contributed by atoms with Crippen LogP contribution in [0.3, 0.4) is 0 Å². The van der Waals surface area contributed by atoms with Crippen molar-refractivity contribution >= 4 is 68.8 Å². The first kappa shape index (κ1) is 80.9. The number of nitrogens with zero attached hydrogens (tertiary/aromatic N) is 3.